The van der Waals surface area contributed by atoms with E-state index < -0.39 is 60.3 Å². The number of benzene rings is 4. The van der Waals surface area contributed by atoms with E-state index in [1.165, 1.54) is 11.0 Å². The molecule has 0 spiro atoms. The Balaban J connectivity index is 0.000000317. The molecule has 4 rings (SSSR count). The number of hydrogen-bond donors (Lipinski definition) is 2. The second-order valence-electron chi connectivity index (χ2n) is 14.2. The number of aliphatic carboxylic acids is 1. The van der Waals surface area contributed by atoms with Gasteiger partial charge in [0.05, 0.1) is 17.7 Å². The number of nitrogens with zero attached hydrogens (tertiary/aromatic N) is 1. The van der Waals surface area contributed by atoms with Crippen molar-refractivity contribution in [3.63, 3.8) is 0 Å². The molecule has 0 atom stereocenters. The number of carboxylic acid groups (broad SMARTS) is 1. The summed E-state index contributed by atoms with van der Waals surface area (Å²) < 4.78 is 100. The third kappa shape index (κ3) is 15.8. The van der Waals surface area contributed by atoms with Crippen LogP contribution in [0.5, 0.6) is 11.5 Å². The molecule has 0 fully saturated rings. The van der Waals surface area contributed by atoms with E-state index in [0.29, 0.717) is 29.8 Å². The highest BCUT2D eigenvalue weighted by atomic mass is 19.4. The van der Waals surface area contributed by atoms with Crippen molar-refractivity contribution in [2.24, 2.45) is 0 Å². The van der Waals surface area contributed by atoms with Crippen molar-refractivity contribution in [1.82, 2.24) is 10.2 Å². The fourth-order valence-corrected chi connectivity index (χ4v) is 5.41. The maximum Gasteiger partial charge on any atom is 0.416 e. The summed E-state index contributed by atoms with van der Waals surface area (Å²) in [5.74, 6) is -1.65. The number of amides is 1. The molecule has 4 aromatic rings. The Labute approximate surface area is 339 Å². The van der Waals surface area contributed by atoms with Gasteiger partial charge in [-0.1, -0.05) is 49.7 Å². The van der Waals surface area contributed by atoms with Gasteiger partial charge in [0, 0.05) is 31.3 Å². The molecule has 16 heteroatoms. The summed E-state index contributed by atoms with van der Waals surface area (Å²) in [6.45, 7) is 7.13. The Morgan fingerprint density at radius 1 is 0.729 bits per heavy atom. The molecule has 10 nitrogen and oxygen atoms in total. The van der Waals surface area contributed by atoms with E-state index in [4.69, 9.17) is 24.1 Å². The zero-order valence-electron chi connectivity index (χ0n) is 33.6. The molecule has 0 aliphatic heterocycles. The third-order valence-corrected chi connectivity index (χ3v) is 8.04. The lowest BCUT2D eigenvalue weighted by Gasteiger charge is -2.20. The van der Waals surface area contributed by atoms with Gasteiger partial charge in [-0.15, -0.1) is 0 Å². The molecule has 0 radical (unpaired) electrons. The summed E-state index contributed by atoms with van der Waals surface area (Å²) in [7, 11) is 3.35. The molecule has 0 heterocycles. The van der Waals surface area contributed by atoms with Crippen LogP contribution in [0.25, 0.3) is 22.3 Å². The minimum Gasteiger partial charge on any atom is -0.481 e. The van der Waals surface area contributed by atoms with Crippen LogP contribution in [0, 0.1) is 0 Å². The zero-order chi connectivity index (χ0) is 44.0. The summed E-state index contributed by atoms with van der Waals surface area (Å²) in [6, 6.07) is 19.8. The second kappa shape index (κ2) is 21.3. The number of hydrogen-bond acceptors (Lipinski definition) is 8. The summed E-state index contributed by atoms with van der Waals surface area (Å²) in [6.07, 6.45) is -7.91. The van der Waals surface area contributed by atoms with E-state index in [9.17, 15) is 40.7 Å². The van der Waals surface area contributed by atoms with Gasteiger partial charge in [0.1, 0.15) is 17.1 Å². The topological polar surface area (TPSA) is 124 Å². The number of halogens is 6. The van der Waals surface area contributed by atoms with Crippen LogP contribution in [0.1, 0.15) is 62.8 Å². The summed E-state index contributed by atoms with van der Waals surface area (Å²) in [5.41, 5.74) is 0.561. The van der Waals surface area contributed by atoms with Crippen LogP contribution in [0.2, 0.25) is 0 Å². The van der Waals surface area contributed by atoms with Crippen molar-refractivity contribution in [2.45, 2.75) is 71.6 Å². The van der Waals surface area contributed by atoms with Crippen LogP contribution in [0.3, 0.4) is 0 Å². The van der Waals surface area contributed by atoms with E-state index in [2.05, 4.69) is 5.32 Å². The molecule has 0 aliphatic carbocycles. The zero-order valence-corrected chi connectivity index (χ0v) is 33.6. The number of carboxylic acids is 1. The lowest BCUT2D eigenvalue weighted by atomic mass is 9.99. The van der Waals surface area contributed by atoms with E-state index in [-0.39, 0.29) is 29.2 Å². The maximum absolute atomic E-state index is 13.2. The number of alkyl halides is 6. The second-order valence-corrected chi connectivity index (χ2v) is 14.2. The highest BCUT2D eigenvalue weighted by molar-refractivity contribution is 5.76. The third-order valence-electron chi connectivity index (χ3n) is 8.04. The standard InChI is InChI=1S/C22H24F3NO5.C21H24F3NO3/c1-3-4-10-30-21(29)26(2)13-15-6-5-7-16(11-15)18-12-17(22(23,24)25)8-9-19(18)31-14-20(27)28;1-20(2,3)28-19(26)13-27-18-9-8-16(21(22,23)24)11-17(18)15-7-5-6-14(10-15)12-25-4/h5-9,11-12H,3-4,10,13-14H2,1-2H3,(H,27,28);5-11,25H,12-13H2,1-4H3. The van der Waals surface area contributed by atoms with Crippen LogP contribution < -0.4 is 14.8 Å². The first-order chi connectivity index (χ1) is 27.6. The summed E-state index contributed by atoms with van der Waals surface area (Å²) in [5, 5.41) is 11.8. The molecule has 0 aliphatic rings. The van der Waals surface area contributed by atoms with Crippen LogP contribution in [-0.2, 0) is 44.5 Å². The Morgan fingerprint density at radius 2 is 1.24 bits per heavy atom. The lowest BCUT2D eigenvalue weighted by Crippen LogP contribution is -2.27. The van der Waals surface area contributed by atoms with Crippen LogP contribution in [0.4, 0.5) is 31.1 Å². The Kier molecular flexibility index (Phi) is 17.2. The van der Waals surface area contributed by atoms with Gasteiger partial charge in [-0.3, -0.25) is 0 Å². The lowest BCUT2D eigenvalue weighted by molar-refractivity contribution is -0.157. The summed E-state index contributed by atoms with van der Waals surface area (Å²) in [4.78, 5) is 36.1. The number of esters is 1. The molecule has 0 bridgehead atoms. The van der Waals surface area contributed by atoms with E-state index in [1.807, 2.05) is 13.0 Å². The van der Waals surface area contributed by atoms with Crippen molar-refractivity contribution in [3.05, 3.63) is 107 Å². The molecule has 0 saturated heterocycles. The minimum atomic E-state index is -4.57. The Morgan fingerprint density at radius 3 is 1.71 bits per heavy atom. The minimum absolute atomic E-state index is 0.0138. The average molecular weight is 835 g/mol. The first-order valence-electron chi connectivity index (χ1n) is 18.4. The van der Waals surface area contributed by atoms with Gasteiger partial charge >= 0.3 is 30.4 Å². The number of carbonyl (C=O) groups excluding carboxylic acids is 2. The smallest absolute Gasteiger partial charge is 0.416 e. The normalized spacial score (nSPS) is 11.5. The highest BCUT2D eigenvalue weighted by Crippen LogP contribution is 2.39. The van der Waals surface area contributed by atoms with Gasteiger partial charge in [0.2, 0.25) is 0 Å². The molecule has 0 aromatic heterocycles. The van der Waals surface area contributed by atoms with Crippen molar-refractivity contribution >= 4 is 18.0 Å². The Bertz CT molecular complexity index is 2030. The fourth-order valence-electron chi connectivity index (χ4n) is 5.41. The van der Waals surface area contributed by atoms with Crippen LogP contribution in [0.15, 0.2) is 84.9 Å². The SMILES string of the molecule is CCCCOC(=O)N(C)Cc1cccc(-c2cc(C(F)(F)F)ccc2OCC(=O)O)c1.CNCc1cccc(-c2cc(C(F)(F)F)ccc2OCC(=O)OC(C)(C)C)c1. The number of rotatable bonds is 15. The van der Waals surface area contributed by atoms with Crippen molar-refractivity contribution in [2.75, 3.05) is 33.9 Å². The summed E-state index contributed by atoms with van der Waals surface area (Å²) >= 11 is 0. The predicted octanol–water partition coefficient (Wildman–Crippen LogP) is 10.0. The van der Waals surface area contributed by atoms with Gasteiger partial charge in [-0.05, 0) is 105 Å². The van der Waals surface area contributed by atoms with Gasteiger partial charge in [0.15, 0.2) is 13.2 Å². The van der Waals surface area contributed by atoms with Gasteiger partial charge < -0.3 is 34.3 Å². The van der Waals surface area contributed by atoms with Gasteiger partial charge in [-0.2, -0.15) is 26.3 Å². The van der Waals surface area contributed by atoms with Crippen LogP contribution in [-0.4, -0.2) is 67.6 Å². The fraction of sp³-hybridized carbons (Fsp3) is 0.372. The van der Waals surface area contributed by atoms with Crippen molar-refractivity contribution < 1.29 is 64.8 Å². The van der Waals surface area contributed by atoms with E-state index in [0.717, 1.165) is 48.7 Å². The quantitative estimate of drug-likeness (QED) is 0.0685. The molecule has 59 heavy (non-hydrogen) atoms. The number of ether oxygens (including phenoxy) is 4. The average Bonchev–Trinajstić information content (AvgIpc) is 3.15. The van der Waals surface area contributed by atoms with Crippen LogP contribution >= 0.6 is 0 Å². The van der Waals surface area contributed by atoms with Gasteiger partial charge in [-0.25, -0.2) is 14.4 Å². The molecular weight excluding hydrogens is 786 g/mol. The van der Waals surface area contributed by atoms with Crippen molar-refractivity contribution in [3.8, 4) is 33.8 Å². The van der Waals surface area contributed by atoms with Gasteiger partial charge in [0.25, 0.3) is 0 Å². The molecule has 4 aromatic carbocycles. The largest absolute Gasteiger partial charge is 0.481 e. The Hall–Kier alpha value is -5.77. The molecule has 0 unspecified atom stereocenters. The predicted molar refractivity (Wildman–Crippen MR) is 209 cm³/mol. The highest BCUT2D eigenvalue weighted by Gasteiger charge is 2.32. The molecular formula is C43H48F6N2O8. The number of unbranched alkanes of at least 4 members (excludes halogenated alkanes) is 1. The van der Waals surface area contributed by atoms with E-state index in [1.54, 1.807) is 77.3 Å². The molecule has 320 valence electrons. The van der Waals surface area contributed by atoms with Crippen molar-refractivity contribution in [1.29, 1.82) is 0 Å². The maximum atomic E-state index is 13.2. The number of carbonyl (C=O) groups is 3. The van der Waals surface area contributed by atoms with E-state index >= 15 is 0 Å². The molecule has 2 N–H and O–H groups in total. The molecule has 0 saturated carbocycles. The first kappa shape index (κ1) is 47.6. The first-order valence-corrected chi connectivity index (χ1v) is 18.4. The molecule has 1 amide bonds. The number of nitrogens with one attached hydrogen (secondary N) is 1. The monoisotopic (exact) mass is 834 g/mol.